The molecule has 0 aromatic carbocycles. The third kappa shape index (κ3) is 3.86. The van der Waals surface area contributed by atoms with Crippen molar-refractivity contribution in [1.29, 1.82) is 0 Å². The van der Waals surface area contributed by atoms with E-state index in [1.165, 1.54) is 0 Å². The third-order valence-corrected chi connectivity index (χ3v) is 2.34. The first kappa shape index (κ1) is 12.4. The molecule has 5 nitrogen and oxygen atoms in total. The van der Waals surface area contributed by atoms with Crippen molar-refractivity contribution in [2.24, 2.45) is 0 Å². The number of nitrogens with zero attached hydrogens (tertiary/aromatic N) is 2. The van der Waals surface area contributed by atoms with Crippen LogP contribution < -0.4 is 11.1 Å². The smallest absolute Gasteiger partial charge is 0.233 e. The summed E-state index contributed by atoms with van der Waals surface area (Å²) < 4.78 is 0. The minimum atomic E-state index is 0.0175. The molecule has 0 saturated heterocycles. The first-order valence-electron chi connectivity index (χ1n) is 5.29. The van der Waals surface area contributed by atoms with Gasteiger partial charge in [0.2, 0.25) is 5.91 Å². The van der Waals surface area contributed by atoms with Gasteiger partial charge in [0.25, 0.3) is 0 Å². The highest BCUT2D eigenvalue weighted by Crippen LogP contribution is 2.06. The number of nitrogens with one attached hydrogen (secondary N) is 1. The molecule has 16 heavy (non-hydrogen) atoms. The molecule has 0 unspecified atom stereocenters. The SMILES string of the molecule is CCN(CC(=O)NC)Cc1ccnc(N)c1. The number of amides is 1. The van der Waals surface area contributed by atoms with E-state index in [0.717, 1.165) is 12.1 Å². The van der Waals surface area contributed by atoms with Crippen LogP contribution in [0.4, 0.5) is 5.82 Å². The number of pyridine rings is 1. The summed E-state index contributed by atoms with van der Waals surface area (Å²) in [7, 11) is 1.64. The van der Waals surface area contributed by atoms with Crippen molar-refractivity contribution in [3.63, 3.8) is 0 Å². The lowest BCUT2D eigenvalue weighted by molar-refractivity contribution is -0.121. The number of nitrogens with two attached hydrogens (primary N) is 1. The van der Waals surface area contributed by atoms with E-state index in [-0.39, 0.29) is 5.91 Å². The second-order valence-corrected chi connectivity index (χ2v) is 3.57. The quantitative estimate of drug-likeness (QED) is 0.748. The number of likely N-dealkylation sites (N-methyl/N-ethyl adjacent to an activating group) is 2. The molecule has 88 valence electrons. The molecular formula is C11H18N4O. The summed E-state index contributed by atoms with van der Waals surface area (Å²) >= 11 is 0. The van der Waals surface area contributed by atoms with Gasteiger partial charge in [-0.3, -0.25) is 9.69 Å². The molecule has 5 heteroatoms. The maximum Gasteiger partial charge on any atom is 0.233 e. The highest BCUT2D eigenvalue weighted by Gasteiger charge is 2.08. The van der Waals surface area contributed by atoms with Crippen LogP contribution in [0.1, 0.15) is 12.5 Å². The maximum absolute atomic E-state index is 11.2. The normalized spacial score (nSPS) is 10.4. The molecule has 1 amide bonds. The molecule has 0 aliphatic rings. The molecule has 1 aromatic rings. The van der Waals surface area contributed by atoms with Crippen LogP contribution >= 0.6 is 0 Å². The van der Waals surface area contributed by atoms with E-state index in [0.29, 0.717) is 18.9 Å². The molecule has 0 bridgehead atoms. The van der Waals surface area contributed by atoms with Crippen molar-refractivity contribution < 1.29 is 4.79 Å². The van der Waals surface area contributed by atoms with Gasteiger partial charge in [-0.15, -0.1) is 0 Å². The Balaban J connectivity index is 2.59. The zero-order chi connectivity index (χ0) is 12.0. The van der Waals surface area contributed by atoms with E-state index >= 15 is 0 Å². The predicted octanol–water partition coefficient (Wildman–Crippen LogP) is 0.232. The summed E-state index contributed by atoms with van der Waals surface area (Å²) in [6.45, 7) is 3.94. The monoisotopic (exact) mass is 222 g/mol. The molecule has 1 heterocycles. The number of aromatic nitrogens is 1. The second kappa shape index (κ2) is 6.07. The molecule has 0 atom stereocenters. The van der Waals surface area contributed by atoms with Crippen molar-refractivity contribution in [2.75, 3.05) is 25.9 Å². The number of carbonyl (C=O) groups is 1. The number of carbonyl (C=O) groups excluding carboxylic acids is 1. The fourth-order valence-corrected chi connectivity index (χ4v) is 1.41. The van der Waals surface area contributed by atoms with Gasteiger partial charge in [0.05, 0.1) is 6.54 Å². The van der Waals surface area contributed by atoms with Gasteiger partial charge in [0.15, 0.2) is 0 Å². The minimum absolute atomic E-state index is 0.0175. The van der Waals surface area contributed by atoms with Crippen LogP contribution in [-0.2, 0) is 11.3 Å². The Morgan fingerprint density at radius 3 is 2.94 bits per heavy atom. The molecule has 0 aliphatic carbocycles. The molecule has 0 fully saturated rings. The third-order valence-electron chi connectivity index (χ3n) is 2.34. The van der Waals surface area contributed by atoms with Crippen LogP contribution in [0.25, 0.3) is 0 Å². The molecule has 3 N–H and O–H groups in total. The van der Waals surface area contributed by atoms with E-state index in [2.05, 4.69) is 10.3 Å². The number of anilines is 1. The van der Waals surface area contributed by atoms with Gasteiger partial charge < -0.3 is 11.1 Å². The lowest BCUT2D eigenvalue weighted by Gasteiger charge is -2.19. The van der Waals surface area contributed by atoms with Crippen molar-refractivity contribution >= 4 is 11.7 Å². The highest BCUT2D eigenvalue weighted by molar-refractivity contribution is 5.77. The van der Waals surface area contributed by atoms with Gasteiger partial charge in [-0.25, -0.2) is 4.98 Å². The fourth-order valence-electron chi connectivity index (χ4n) is 1.41. The van der Waals surface area contributed by atoms with Gasteiger partial charge in [-0.05, 0) is 24.2 Å². The summed E-state index contributed by atoms with van der Waals surface area (Å²) in [6, 6.07) is 3.73. The zero-order valence-electron chi connectivity index (χ0n) is 9.73. The maximum atomic E-state index is 11.2. The van der Waals surface area contributed by atoms with Crippen LogP contribution in [0.2, 0.25) is 0 Å². The van der Waals surface area contributed by atoms with E-state index in [4.69, 9.17) is 5.73 Å². The van der Waals surface area contributed by atoms with Crippen molar-refractivity contribution in [2.45, 2.75) is 13.5 Å². The Kier molecular flexibility index (Phi) is 4.72. The second-order valence-electron chi connectivity index (χ2n) is 3.57. The van der Waals surface area contributed by atoms with Crippen LogP contribution in [0.3, 0.4) is 0 Å². The van der Waals surface area contributed by atoms with Crippen molar-refractivity contribution in [3.05, 3.63) is 23.9 Å². The Hall–Kier alpha value is -1.62. The summed E-state index contributed by atoms with van der Waals surface area (Å²) in [4.78, 5) is 17.2. The summed E-state index contributed by atoms with van der Waals surface area (Å²) in [6.07, 6.45) is 1.68. The average Bonchev–Trinajstić information content (AvgIpc) is 2.28. The minimum Gasteiger partial charge on any atom is -0.384 e. The molecule has 0 saturated carbocycles. The summed E-state index contributed by atoms with van der Waals surface area (Å²) in [5, 5.41) is 2.61. The highest BCUT2D eigenvalue weighted by atomic mass is 16.1. The topological polar surface area (TPSA) is 71.2 Å². The number of hydrogen-bond donors (Lipinski definition) is 2. The van der Waals surface area contributed by atoms with Gasteiger partial charge in [-0.2, -0.15) is 0 Å². The predicted molar refractivity (Wildman–Crippen MR) is 63.7 cm³/mol. The molecule has 0 spiro atoms. The van der Waals surface area contributed by atoms with E-state index < -0.39 is 0 Å². The Morgan fingerprint density at radius 2 is 2.38 bits per heavy atom. The van der Waals surface area contributed by atoms with E-state index in [9.17, 15) is 4.79 Å². The van der Waals surface area contributed by atoms with E-state index in [1.807, 2.05) is 24.0 Å². The summed E-state index contributed by atoms with van der Waals surface area (Å²) in [5.74, 6) is 0.525. The van der Waals surface area contributed by atoms with Gasteiger partial charge >= 0.3 is 0 Å². The first-order valence-corrected chi connectivity index (χ1v) is 5.29. The van der Waals surface area contributed by atoms with Crippen molar-refractivity contribution in [3.8, 4) is 0 Å². The molecule has 0 radical (unpaired) electrons. The van der Waals surface area contributed by atoms with Crippen LogP contribution in [0, 0.1) is 0 Å². The van der Waals surface area contributed by atoms with Gasteiger partial charge in [-0.1, -0.05) is 6.92 Å². The lowest BCUT2D eigenvalue weighted by atomic mass is 10.2. The molecule has 1 aromatic heterocycles. The molecule has 1 rings (SSSR count). The largest absolute Gasteiger partial charge is 0.384 e. The number of nitrogen functional groups attached to an aromatic ring is 1. The Labute approximate surface area is 95.7 Å². The van der Waals surface area contributed by atoms with Crippen LogP contribution in [0.5, 0.6) is 0 Å². The molecule has 0 aliphatic heterocycles. The first-order chi connectivity index (χ1) is 7.65. The Bertz CT molecular complexity index is 354. The van der Waals surface area contributed by atoms with E-state index in [1.54, 1.807) is 13.2 Å². The van der Waals surface area contributed by atoms with Crippen LogP contribution in [0.15, 0.2) is 18.3 Å². The number of rotatable bonds is 5. The standard InChI is InChI=1S/C11H18N4O/c1-3-15(8-11(16)13-2)7-9-4-5-14-10(12)6-9/h4-6H,3,7-8H2,1-2H3,(H2,12,14)(H,13,16). The van der Waals surface area contributed by atoms with Crippen molar-refractivity contribution in [1.82, 2.24) is 15.2 Å². The Morgan fingerprint density at radius 1 is 1.62 bits per heavy atom. The average molecular weight is 222 g/mol. The van der Waals surface area contributed by atoms with Crippen LogP contribution in [-0.4, -0.2) is 35.9 Å². The summed E-state index contributed by atoms with van der Waals surface area (Å²) in [5.41, 5.74) is 6.66. The zero-order valence-corrected chi connectivity index (χ0v) is 9.73. The van der Waals surface area contributed by atoms with Gasteiger partial charge in [0, 0.05) is 19.8 Å². The molecular weight excluding hydrogens is 204 g/mol. The lowest BCUT2D eigenvalue weighted by Crippen LogP contribution is -2.35. The van der Waals surface area contributed by atoms with Gasteiger partial charge in [0.1, 0.15) is 5.82 Å². The fraction of sp³-hybridized carbons (Fsp3) is 0.455. The number of hydrogen-bond acceptors (Lipinski definition) is 4.